The first-order chi connectivity index (χ1) is 11.7. The molecule has 0 unspecified atom stereocenters. The van der Waals surface area contributed by atoms with Gasteiger partial charge in [-0.3, -0.25) is 9.78 Å². The Hall–Kier alpha value is -3.15. The quantitative estimate of drug-likeness (QED) is 0.781. The van der Waals surface area contributed by atoms with E-state index in [1.54, 1.807) is 32.5 Å². The highest BCUT2D eigenvalue weighted by molar-refractivity contribution is 6.00. The predicted molar refractivity (Wildman–Crippen MR) is 88.6 cm³/mol. The highest BCUT2D eigenvalue weighted by Crippen LogP contribution is 2.24. The Balaban J connectivity index is 1.76. The molecule has 122 valence electrons. The van der Waals surface area contributed by atoms with Crippen molar-refractivity contribution in [2.75, 3.05) is 7.11 Å². The minimum Gasteiger partial charge on any atom is -0.497 e. The molecule has 0 fully saturated rings. The first-order valence-corrected chi connectivity index (χ1v) is 7.47. The van der Waals surface area contributed by atoms with E-state index in [1.807, 2.05) is 30.3 Å². The zero-order valence-corrected chi connectivity index (χ0v) is 13.4. The Bertz CT molecular complexity index is 826. The molecule has 0 atom stereocenters. The summed E-state index contributed by atoms with van der Waals surface area (Å²) in [4.78, 5) is 16.6. The number of nitrogens with one attached hydrogen (secondary N) is 1. The van der Waals surface area contributed by atoms with Gasteiger partial charge in [-0.25, -0.2) is 0 Å². The molecule has 0 radical (unpaired) electrons. The lowest BCUT2D eigenvalue weighted by atomic mass is 10.1. The second-order valence-electron chi connectivity index (χ2n) is 5.23. The molecule has 6 nitrogen and oxygen atoms in total. The SMILES string of the molecule is COc1ccc(CNC(=O)c2c(-c3cccnc3)noc2C)cc1. The number of aromatic nitrogens is 2. The second kappa shape index (κ2) is 6.95. The normalized spacial score (nSPS) is 10.4. The standard InChI is InChI=1S/C18H17N3O3/c1-12-16(17(21-24-12)14-4-3-9-19-11-14)18(22)20-10-13-5-7-15(23-2)8-6-13/h3-9,11H,10H2,1-2H3,(H,20,22). The van der Waals surface area contributed by atoms with E-state index in [0.717, 1.165) is 16.9 Å². The third-order valence-electron chi connectivity index (χ3n) is 3.64. The highest BCUT2D eigenvalue weighted by Gasteiger charge is 2.21. The molecule has 0 bridgehead atoms. The Morgan fingerprint density at radius 1 is 1.25 bits per heavy atom. The summed E-state index contributed by atoms with van der Waals surface area (Å²) in [6, 6.07) is 11.1. The molecular weight excluding hydrogens is 306 g/mol. The predicted octanol–water partition coefficient (Wildman–Crippen LogP) is 2.98. The van der Waals surface area contributed by atoms with E-state index >= 15 is 0 Å². The summed E-state index contributed by atoms with van der Waals surface area (Å²) in [7, 11) is 1.62. The van der Waals surface area contributed by atoms with E-state index in [2.05, 4.69) is 15.5 Å². The van der Waals surface area contributed by atoms with Crippen molar-refractivity contribution < 1.29 is 14.1 Å². The topological polar surface area (TPSA) is 77.2 Å². The number of hydrogen-bond donors (Lipinski definition) is 1. The number of rotatable bonds is 5. The summed E-state index contributed by atoms with van der Waals surface area (Å²) in [5.41, 5.74) is 2.63. The molecule has 2 aromatic heterocycles. The van der Waals surface area contributed by atoms with Crippen molar-refractivity contribution in [2.45, 2.75) is 13.5 Å². The number of aryl methyl sites for hydroxylation is 1. The average Bonchev–Trinajstić information content (AvgIpc) is 3.02. The molecule has 1 aromatic carbocycles. The van der Waals surface area contributed by atoms with Crippen molar-refractivity contribution in [3.8, 4) is 17.0 Å². The van der Waals surface area contributed by atoms with Gasteiger partial charge < -0.3 is 14.6 Å². The van der Waals surface area contributed by atoms with Gasteiger partial charge in [0.1, 0.15) is 22.8 Å². The van der Waals surface area contributed by atoms with Gasteiger partial charge in [-0.1, -0.05) is 17.3 Å². The van der Waals surface area contributed by atoms with Gasteiger partial charge in [0.25, 0.3) is 5.91 Å². The molecule has 6 heteroatoms. The van der Waals surface area contributed by atoms with Gasteiger partial charge in [0.05, 0.1) is 7.11 Å². The minimum atomic E-state index is -0.233. The maximum atomic E-state index is 12.6. The monoisotopic (exact) mass is 323 g/mol. The number of methoxy groups -OCH3 is 1. The Morgan fingerprint density at radius 2 is 2.04 bits per heavy atom. The molecule has 3 aromatic rings. The van der Waals surface area contributed by atoms with Crippen LogP contribution in [0.25, 0.3) is 11.3 Å². The first-order valence-electron chi connectivity index (χ1n) is 7.47. The number of carbonyl (C=O) groups excluding carboxylic acids is 1. The van der Waals surface area contributed by atoms with Crippen LogP contribution in [-0.2, 0) is 6.54 Å². The molecule has 0 saturated heterocycles. The minimum absolute atomic E-state index is 0.233. The molecule has 2 heterocycles. The van der Waals surface area contributed by atoms with Crippen LogP contribution in [0.5, 0.6) is 5.75 Å². The Kier molecular flexibility index (Phi) is 4.56. The van der Waals surface area contributed by atoms with E-state index in [4.69, 9.17) is 9.26 Å². The van der Waals surface area contributed by atoms with Crippen LogP contribution in [0.3, 0.4) is 0 Å². The lowest BCUT2D eigenvalue weighted by molar-refractivity contribution is 0.0950. The van der Waals surface area contributed by atoms with Crippen LogP contribution in [0.4, 0.5) is 0 Å². The third kappa shape index (κ3) is 3.27. The van der Waals surface area contributed by atoms with Crippen molar-refractivity contribution >= 4 is 5.91 Å². The van der Waals surface area contributed by atoms with E-state index in [9.17, 15) is 4.79 Å². The second-order valence-corrected chi connectivity index (χ2v) is 5.23. The Labute approximate surface area is 139 Å². The highest BCUT2D eigenvalue weighted by atomic mass is 16.5. The van der Waals surface area contributed by atoms with Gasteiger partial charge >= 0.3 is 0 Å². The summed E-state index contributed by atoms with van der Waals surface area (Å²) in [6.45, 7) is 2.12. The fourth-order valence-corrected chi connectivity index (χ4v) is 2.35. The van der Waals surface area contributed by atoms with Gasteiger partial charge in [0.2, 0.25) is 0 Å². The molecule has 0 spiro atoms. The lowest BCUT2D eigenvalue weighted by Gasteiger charge is -2.07. The maximum Gasteiger partial charge on any atom is 0.257 e. The molecule has 1 N–H and O–H groups in total. The fourth-order valence-electron chi connectivity index (χ4n) is 2.35. The van der Waals surface area contributed by atoms with Crippen molar-refractivity contribution in [1.82, 2.24) is 15.5 Å². The van der Waals surface area contributed by atoms with Gasteiger partial charge in [-0.05, 0) is 36.8 Å². The van der Waals surface area contributed by atoms with Crippen LogP contribution in [0.2, 0.25) is 0 Å². The average molecular weight is 323 g/mol. The summed E-state index contributed by atoms with van der Waals surface area (Å²) >= 11 is 0. The van der Waals surface area contributed by atoms with Crippen molar-refractivity contribution in [3.63, 3.8) is 0 Å². The van der Waals surface area contributed by atoms with Crippen LogP contribution in [0.1, 0.15) is 21.7 Å². The van der Waals surface area contributed by atoms with Crippen molar-refractivity contribution in [1.29, 1.82) is 0 Å². The number of benzene rings is 1. The number of ether oxygens (including phenoxy) is 1. The van der Waals surface area contributed by atoms with Crippen LogP contribution >= 0.6 is 0 Å². The van der Waals surface area contributed by atoms with Crippen molar-refractivity contribution in [2.24, 2.45) is 0 Å². The molecule has 3 rings (SSSR count). The number of carbonyl (C=O) groups is 1. The van der Waals surface area contributed by atoms with Gasteiger partial charge in [-0.2, -0.15) is 0 Å². The molecule has 24 heavy (non-hydrogen) atoms. The smallest absolute Gasteiger partial charge is 0.257 e. The van der Waals surface area contributed by atoms with Gasteiger partial charge in [0.15, 0.2) is 0 Å². The zero-order valence-electron chi connectivity index (χ0n) is 13.4. The van der Waals surface area contributed by atoms with Crippen LogP contribution in [0, 0.1) is 6.92 Å². The first kappa shape index (κ1) is 15.7. The number of pyridine rings is 1. The van der Waals surface area contributed by atoms with Crippen LogP contribution in [-0.4, -0.2) is 23.2 Å². The molecule has 0 aliphatic carbocycles. The van der Waals surface area contributed by atoms with E-state index in [1.165, 1.54) is 0 Å². The number of amides is 1. The number of nitrogens with zero attached hydrogens (tertiary/aromatic N) is 2. The summed E-state index contributed by atoms with van der Waals surface area (Å²) in [6.07, 6.45) is 3.32. The van der Waals surface area contributed by atoms with E-state index < -0.39 is 0 Å². The van der Waals surface area contributed by atoms with Crippen LogP contribution in [0.15, 0.2) is 53.3 Å². The summed E-state index contributed by atoms with van der Waals surface area (Å²) < 4.78 is 10.3. The largest absolute Gasteiger partial charge is 0.497 e. The summed E-state index contributed by atoms with van der Waals surface area (Å²) in [5.74, 6) is 1.02. The molecule has 0 aliphatic rings. The molecule has 0 aliphatic heterocycles. The van der Waals surface area contributed by atoms with Crippen LogP contribution < -0.4 is 10.1 Å². The fraction of sp³-hybridized carbons (Fsp3) is 0.167. The van der Waals surface area contributed by atoms with E-state index in [-0.39, 0.29) is 5.91 Å². The molecular formula is C18H17N3O3. The zero-order chi connectivity index (χ0) is 16.9. The van der Waals surface area contributed by atoms with Crippen molar-refractivity contribution in [3.05, 3.63) is 65.7 Å². The molecule has 0 saturated carbocycles. The number of hydrogen-bond acceptors (Lipinski definition) is 5. The molecule has 1 amide bonds. The Morgan fingerprint density at radius 3 is 2.71 bits per heavy atom. The van der Waals surface area contributed by atoms with Gasteiger partial charge in [-0.15, -0.1) is 0 Å². The van der Waals surface area contributed by atoms with E-state index in [0.29, 0.717) is 23.6 Å². The third-order valence-corrected chi connectivity index (χ3v) is 3.64. The maximum absolute atomic E-state index is 12.6. The van der Waals surface area contributed by atoms with Gasteiger partial charge in [0, 0.05) is 24.5 Å². The summed E-state index contributed by atoms with van der Waals surface area (Å²) in [5, 5.41) is 6.88. The lowest BCUT2D eigenvalue weighted by Crippen LogP contribution is -2.23.